The SMILES string of the molecule is CCOc1cc(C(CN)N2CCN(C)C(C)C2)ccc1O. The summed E-state index contributed by atoms with van der Waals surface area (Å²) in [4.78, 5) is 4.79. The van der Waals surface area contributed by atoms with E-state index in [9.17, 15) is 5.11 Å². The fourth-order valence-electron chi connectivity index (χ4n) is 2.86. The van der Waals surface area contributed by atoms with Crippen molar-refractivity contribution in [1.29, 1.82) is 0 Å². The Morgan fingerprint density at radius 2 is 2.19 bits per heavy atom. The molecule has 0 saturated carbocycles. The van der Waals surface area contributed by atoms with Gasteiger partial charge < -0.3 is 20.5 Å². The number of hydrogen-bond donors (Lipinski definition) is 2. The number of piperazine rings is 1. The summed E-state index contributed by atoms with van der Waals surface area (Å²) in [6.07, 6.45) is 0. The Kier molecular flexibility index (Phi) is 5.45. The van der Waals surface area contributed by atoms with E-state index in [1.54, 1.807) is 6.07 Å². The van der Waals surface area contributed by atoms with E-state index in [0.29, 0.717) is 24.9 Å². The van der Waals surface area contributed by atoms with Gasteiger partial charge in [-0.1, -0.05) is 6.07 Å². The Hall–Kier alpha value is -1.30. The molecule has 0 spiro atoms. The highest BCUT2D eigenvalue weighted by molar-refractivity contribution is 5.43. The normalized spacial score (nSPS) is 22.2. The highest BCUT2D eigenvalue weighted by Gasteiger charge is 2.27. The molecule has 0 radical (unpaired) electrons. The fraction of sp³-hybridized carbons (Fsp3) is 0.625. The minimum absolute atomic E-state index is 0.168. The summed E-state index contributed by atoms with van der Waals surface area (Å²) in [5, 5.41) is 9.83. The molecule has 1 aliphatic rings. The summed E-state index contributed by atoms with van der Waals surface area (Å²) in [5.41, 5.74) is 7.13. The number of phenolic OH excluding ortho intramolecular Hbond substituents is 1. The van der Waals surface area contributed by atoms with Crippen LogP contribution in [0.4, 0.5) is 0 Å². The van der Waals surface area contributed by atoms with E-state index in [0.717, 1.165) is 25.2 Å². The Labute approximate surface area is 127 Å². The Morgan fingerprint density at radius 1 is 1.43 bits per heavy atom. The molecule has 2 unspecified atom stereocenters. The van der Waals surface area contributed by atoms with Gasteiger partial charge in [0.1, 0.15) is 0 Å². The topological polar surface area (TPSA) is 62.0 Å². The van der Waals surface area contributed by atoms with Gasteiger partial charge in [0.2, 0.25) is 0 Å². The number of nitrogens with two attached hydrogens (primary N) is 1. The predicted octanol–water partition coefficient (Wildman–Crippen LogP) is 1.43. The van der Waals surface area contributed by atoms with Crippen molar-refractivity contribution in [3.05, 3.63) is 23.8 Å². The zero-order valence-corrected chi connectivity index (χ0v) is 13.2. The smallest absolute Gasteiger partial charge is 0.161 e. The first-order valence-corrected chi connectivity index (χ1v) is 7.66. The standard InChI is InChI=1S/C16H27N3O2/c1-4-21-16-9-13(5-6-15(16)20)14(10-17)19-8-7-18(3)12(2)11-19/h5-6,9,12,14,20H,4,7-8,10-11,17H2,1-3H3. The van der Waals surface area contributed by atoms with Crippen molar-refractivity contribution in [3.8, 4) is 11.5 Å². The van der Waals surface area contributed by atoms with Crippen molar-refractivity contribution in [2.75, 3.05) is 39.8 Å². The maximum atomic E-state index is 9.83. The molecule has 1 fully saturated rings. The van der Waals surface area contributed by atoms with Crippen molar-refractivity contribution in [1.82, 2.24) is 9.80 Å². The lowest BCUT2D eigenvalue weighted by Gasteiger charge is -2.41. The van der Waals surface area contributed by atoms with Gasteiger partial charge in [-0.25, -0.2) is 0 Å². The second-order valence-electron chi connectivity index (χ2n) is 5.74. The fourth-order valence-corrected chi connectivity index (χ4v) is 2.86. The molecule has 2 rings (SSSR count). The van der Waals surface area contributed by atoms with Crippen LogP contribution in [0.5, 0.6) is 11.5 Å². The molecule has 0 bridgehead atoms. The highest BCUT2D eigenvalue weighted by Crippen LogP contribution is 2.31. The Balaban J connectivity index is 2.19. The van der Waals surface area contributed by atoms with Gasteiger partial charge in [0.15, 0.2) is 11.5 Å². The van der Waals surface area contributed by atoms with Crippen molar-refractivity contribution in [2.24, 2.45) is 5.73 Å². The average molecular weight is 293 g/mol. The van der Waals surface area contributed by atoms with Crippen LogP contribution in [0.15, 0.2) is 18.2 Å². The van der Waals surface area contributed by atoms with Crippen molar-refractivity contribution < 1.29 is 9.84 Å². The summed E-state index contributed by atoms with van der Waals surface area (Å²) < 4.78 is 5.48. The summed E-state index contributed by atoms with van der Waals surface area (Å²) in [6, 6.07) is 6.25. The van der Waals surface area contributed by atoms with Crippen LogP contribution in [0.2, 0.25) is 0 Å². The van der Waals surface area contributed by atoms with Gasteiger partial charge >= 0.3 is 0 Å². The van der Waals surface area contributed by atoms with Crippen LogP contribution in [0.25, 0.3) is 0 Å². The molecule has 5 heteroatoms. The van der Waals surface area contributed by atoms with Gasteiger partial charge in [-0.3, -0.25) is 4.90 Å². The Bertz CT molecular complexity index is 467. The van der Waals surface area contributed by atoms with Crippen molar-refractivity contribution in [3.63, 3.8) is 0 Å². The lowest BCUT2D eigenvalue weighted by Crippen LogP contribution is -2.52. The molecule has 3 N–H and O–H groups in total. The largest absolute Gasteiger partial charge is 0.504 e. The number of phenols is 1. The van der Waals surface area contributed by atoms with E-state index in [2.05, 4.69) is 23.8 Å². The zero-order chi connectivity index (χ0) is 15.4. The quantitative estimate of drug-likeness (QED) is 0.860. The number of benzene rings is 1. The predicted molar refractivity (Wildman–Crippen MR) is 84.7 cm³/mol. The third-order valence-electron chi connectivity index (χ3n) is 4.32. The lowest BCUT2D eigenvalue weighted by molar-refractivity contribution is 0.0740. The highest BCUT2D eigenvalue weighted by atomic mass is 16.5. The Morgan fingerprint density at radius 3 is 2.81 bits per heavy atom. The molecule has 1 aromatic carbocycles. The first-order valence-electron chi connectivity index (χ1n) is 7.66. The molecular weight excluding hydrogens is 266 g/mol. The molecule has 1 heterocycles. The van der Waals surface area contributed by atoms with Crippen LogP contribution in [-0.4, -0.2) is 60.8 Å². The van der Waals surface area contributed by atoms with Gasteiger partial charge in [0.25, 0.3) is 0 Å². The van der Waals surface area contributed by atoms with E-state index in [1.807, 2.05) is 19.1 Å². The first-order chi connectivity index (χ1) is 10.1. The van der Waals surface area contributed by atoms with Gasteiger partial charge in [-0.05, 0) is 38.6 Å². The number of hydrogen-bond acceptors (Lipinski definition) is 5. The third-order valence-corrected chi connectivity index (χ3v) is 4.32. The van der Waals surface area contributed by atoms with E-state index >= 15 is 0 Å². The van der Waals surface area contributed by atoms with Crippen molar-refractivity contribution in [2.45, 2.75) is 25.9 Å². The molecule has 118 valence electrons. The number of aromatic hydroxyl groups is 1. The van der Waals surface area contributed by atoms with Crippen molar-refractivity contribution >= 4 is 0 Å². The van der Waals surface area contributed by atoms with Crippen LogP contribution >= 0.6 is 0 Å². The molecule has 5 nitrogen and oxygen atoms in total. The monoisotopic (exact) mass is 293 g/mol. The van der Waals surface area contributed by atoms with Crippen LogP contribution in [0.1, 0.15) is 25.5 Å². The molecule has 1 aliphatic heterocycles. The third kappa shape index (κ3) is 3.67. The maximum absolute atomic E-state index is 9.83. The molecule has 0 aliphatic carbocycles. The second-order valence-corrected chi connectivity index (χ2v) is 5.74. The van der Waals surface area contributed by atoms with Gasteiger partial charge in [-0.2, -0.15) is 0 Å². The molecule has 1 saturated heterocycles. The summed E-state index contributed by atoms with van der Waals surface area (Å²) in [6.45, 7) is 8.31. The number of likely N-dealkylation sites (N-methyl/N-ethyl adjacent to an activating group) is 1. The number of ether oxygens (including phenoxy) is 1. The van der Waals surface area contributed by atoms with E-state index in [-0.39, 0.29) is 11.8 Å². The molecule has 2 atom stereocenters. The number of nitrogens with zero attached hydrogens (tertiary/aromatic N) is 2. The van der Waals surface area contributed by atoms with Gasteiger partial charge in [-0.15, -0.1) is 0 Å². The maximum Gasteiger partial charge on any atom is 0.161 e. The van der Waals surface area contributed by atoms with Crippen LogP contribution in [-0.2, 0) is 0 Å². The van der Waals surface area contributed by atoms with Crippen LogP contribution in [0.3, 0.4) is 0 Å². The number of rotatable bonds is 5. The van der Waals surface area contributed by atoms with E-state index in [1.165, 1.54) is 0 Å². The minimum atomic E-state index is 0.168. The van der Waals surface area contributed by atoms with E-state index < -0.39 is 0 Å². The average Bonchev–Trinajstić information content (AvgIpc) is 2.47. The molecule has 0 amide bonds. The zero-order valence-electron chi connectivity index (χ0n) is 13.2. The summed E-state index contributed by atoms with van der Waals surface area (Å²) in [7, 11) is 2.16. The molecule has 0 aromatic heterocycles. The minimum Gasteiger partial charge on any atom is -0.504 e. The second kappa shape index (κ2) is 7.11. The first kappa shape index (κ1) is 16.1. The van der Waals surface area contributed by atoms with Gasteiger partial charge in [0, 0.05) is 38.3 Å². The lowest BCUT2D eigenvalue weighted by atomic mass is 10.0. The van der Waals surface area contributed by atoms with Crippen LogP contribution < -0.4 is 10.5 Å². The molecule has 21 heavy (non-hydrogen) atoms. The molecular formula is C16H27N3O2. The molecule has 1 aromatic rings. The summed E-state index contributed by atoms with van der Waals surface area (Å²) >= 11 is 0. The summed E-state index contributed by atoms with van der Waals surface area (Å²) in [5.74, 6) is 0.721. The van der Waals surface area contributed by atoms with E-state index in [4.69, 9.17) is 10.5 Å². The van der Waals surface area contributed by atoms with Crippen LogP contribution in [0, 0.1) is 0 Å². The van der Waals surface area contributed by atoms with Gasteiger partial charge in [0.05, 0.1) is 6.61 Å².